The predicted octanol–water partition coefficient (Wildman–Crippen LogP) is 4.09. The smallest absolute Gasteiger partial charge is 0.0811 e. The van der Waals surface area contributed by atoms with Crippen molar-refractivity contribution < 1.29 is 0 Å². The maximum absolute atomic E-state index is 5.62. The van der Waals surface area contributed by atoms with Crippen LogP contribution in [0.4, 0.5) is 5.69 Å². The Morgan fingerprint density at radius 1 is 0.957 bits per heavy atom. The zero-order valence-electron chi connectivity index (χ0n) is 12.4. The molecule has 4 heteroatoms. The molecule has 0 aromatic heterocycles. The van der Waals surface area contributed by atoms with Crippen LogP contribution in [-0.2, 0) is 6.54 Å². The van der Waals surface area contributed by atoms with Crippen LogP contribution in [0.1, 0.15) is 5.56 Å². The van der Waals surface area contributed by atoms with Gasteiger partial charge in [-0.15, -0.1) is 11.3 Å². The molecular formula is C19H15N3S. The van der Waals surface area contributed by atoms with E-state index in [4.69, 9.17) is 10.7 Å². The van der Waals surface area contributed by atoms with Gasteiger partial charge in [-0.05, 0) is 48.0 Å². The molecule has 0 atom stereocenters. The Kier molecular flexibility index (Phi) is 3.61. The number of nitrogens with zero attached hydrogens (tertiary/aromatic N) is 2. The van der Waals surface area contributed by atoms with E-state index < -0.39 is 0 Å². The lowest BCUT2D eigenvalue weighted by Crippen LogP contribution is -2.01. The molecule has 1 aliphatic heterocycles. The van der Waals surface area contributed by atoms with E-state index in [1.165, 1.54) is 4.70 Å². The molecule has 1 aliphatic carbocycles. The minimum Gasteiger partial charge on any atom is -0.326 e. The van der Waals surface area contributed by atoms with E-state index in [0.717, 1.165) is 32.7 Å². The SMILES string of the molecule is NCc1ccc(N=c2ccc3nc4ccccc4sc-3c2)cc1. The quantitative estimate of drug-likeness (QED) is 0.566. The number of nitrogens with two attached hydrogens (primary N) is 1. The number of rotatable bonds is 2. The second-order valence-corrected chi connectivity index (χ2v) is 6.40. The molecule has 3 nitrogen and oxygen atoms in total. The Morgan fingerprint density at radius 2 is 1.78 bits per heavy atom. The van der Waals surface area contributed by atoms with Crippen molar-refractivity contribution in [1.82, 2.24) is 4.98 Å². The zero-order valence-corrected chi connectivity index (χ0v) is 13.3. The highest BCUT2D eigenvalue weighted by molar-refractivity contribution is 7.21. The molecule has 1 heterocycles. The van der Waals surface area contributed by atoms with Gasteiger partial charge in [0.1, 0.15) is 0 Å². The Balaban J connectivity index is 1.82. The summed E-state index contributed by atoms with van der Waals surface area (Å²) in [5, 5.41) is 0.936. The lowest BCUT2D eigenvalue weighted by Gasteiger charge is -2.05. The molecule has 0 bridgehead atoms. The number of para-hydroxylation sites is 1. The normalized spacial score (nSPS) is 12.1. The standard InChI is InChI=1S/C19H15N3S/c20-12-13-5-7-14(8-6-13)21-15-9-10-17-19(11-15)23-18-4-2-1-3-16(18)22-17/h1-11H,12,20H2. The summed E-state index contributed by atoms with van der Waals surface area (Å²) in [4.78, 5) is 10.5. The molecule has 0 unspecified atom stereocenters. The van der Waals surface area contributed by atoms with Gasteiger partial charge in [-0.1, -0.05) is 24.3 Å². The molecule has 0 spiro atoms. The van der Waals surface area contributed by atoms with E-state index in [-0.39, 0.29) is 0 Å². The van der Waals surface area contributed by atoms with Gasteiger partial charge in [0.15, 0.2) is 0 Å². The van der Waals surface area contributed by atoms with E-state index in [0.29, 0.717) is 6.54 Å². The molecule has 0 amide bonds. The summed E-state index contributed by atoms with van der Waals surface area (Å²) in [7, 11) is 0. The van der Waals surface area contributed by atoms with Crippen LogP contribution in [0.3, 0.4) is 0 Å². The fourth-order valence-corrected chi connectivity index (χ4v) is 3.49. The lowest BCUT2D eigenvalue weighted by atomic mass is 10.2. The molecule has 2 aromatic carbocycles. The van der Waals surface area contributed by atoms with E-state index in [9.17, 15) is 0 Å². The Bertz CT molecular complexity index is 1000. The average Bonchev–Trinajstić information content (AvgIpc) is 2.60. The highest BCUT2D eigenvalue weighted by atomic mass is 32.1. The van der Waals surface area contributed by atoms with Gasteiger partial charge >= 0.3 is 0 Å². The number of fused-ring (bicyclic) bond motifs is 2. The third-order valence-electron chi connectivity index (χ3n) is 3.70. The molecule has 0 saturated carbocycles. The lowest BCUT2D eigenvalue weighted by molar-refractivity contribution is 1.07. The molecule has 0 radical (unpaired) electrons. The van der Waals surface area contributed by atoms with Crippen molar-refractivity contribution in [2.75, 3.05) is 0 Å². The topological polar surface area (TPSA) is 51.3 Å². The fraction of sp³-hybridized carbons (Fsp3) is 0.0526. The molecule has 2 N–H and O–H groups in total. The van der Waals surface area contributed by atoms with Gasteiger partial charge in [-0.25, -0.2) is 9.98 Å². The first-order chi connectivity index (χ1) is 11.3. The van der Waals surface area contributed by atoms with Gasteiger partial charge in [-0.2, -0.15) is 0 Å². The fourth-order valence-electron chi connectivity index (χ4n) is 2.49. The third-order valence-corrected chi connectivity index (χ3v) is 4.81. The summed E-state index contributed by atoms with van der Waals surface area (Å²) in [6, 6.07) is 22.3. The summed E-state index contributed by atoms with van der Waals surface area (Å²) in [6.07, 6.45) is 0. The number of hydrogen-bond donors (Lipinski definition) is 1. The Hall–Kier alpha value is -2.56. The van der Waals surface area contributed by atoms with E-state index in [2.05, 4.69) is 17.1 Å². The van der Waals surface area contributed by atoms with Gasteiger partial charge in [0.05, 0.1) is 31.8 Å². The van der Waals surface area contributed by atoms with E-state index in [1.54, 1.807) is 11.3 Å². The Morgan fingerprint density at radius 3 is 2.61 bits per heavy atom. The maximum atomic E-state index is 5.62. The minimum atomic E-state index is 0.552. The number of hydrogen-bond acceptors (Lipinski definition) is 4. The number of aromatic nitrogens is 1. The maximum Gasteiger partial charge on any atom is 0.0811 e. The van der Waals surface area contributed by atoms with Gasteiger partial charge < -0.3 is 5.73 Å². The summed E-state index contributed by atoms with van der Waals surface area (Å²) >= 11 is 1.74. The largest absolute Gasteiger partial charge is 0.326 e. The van der Waals surface area contributed by atoms with E-state index in [1.807, 2.05) is 54.6 Å². The van der Waals surface area contributed by atoms with Crippen LogP contribution in [0, 0.1) is 0 Å². The van der Waals surface area contributed by atoms with E-state index >= 15 is 0 Å². The number of benzene rings is 3. The van der Waals surface area contributed by atoms with Crippen molar-refractivity contribution in [3.63, 3.8) is 0 Å². The first-order valence-corrected chi connectivity index (χ1v) is 8.27. The van der Waals surface area contributed by atoms with Crippen molar-refractivity contribution in [2.24, 2.45) is 10.7 Å². The summed E-state index contributed by atoms with van der Waals surface area (Å²) in [5.74, 6) is 0. The van der Waals surface area contributed by atoms with Crippen LogP contribution in [0.5, 0.6) is 0 Å². The first kappa shape index (κ1) is 14.1. The van der Waals surface area contributed by atoms with Crippen molar-refractivity contribution >= 4 is 27.2 Å². The van der Waals surface area contributed by atoms with Crippen LogP contribution in [0.15, 0.2) is 71.7 Å². The van der Waals surface area contributed by atoms with Crippen LogP contribution < -0.4 is 11.1 Å². The molecule has 23 heavy (non-hydrogen) atoms. The van der Waals surface area contributed by atoms with Crippen LogP contribution in [0.25, 0.3) is 20.8 Å². The van der Waals surface area contributed by atoms with Gasteiger partial charge in [0.25, 0.3) is 0 Å². The summed E-state index contributed by atoms with van der Waals surface area (Å²) < 4.78 is 1.18. The molecule has 0 fully saturated rings. The highest BCUT2D eigenvalue weighted by Crippen LogP contribution is 2.29. The van der Waals surface area contributed by atoms with Crippen molar-refractivity contribution in [1.29, 1.82) is 0 Å². The second-order valence-electron chi connectivity index (χ2n) is 5.32. The molecule has 0 saturated heterocycles. The predicted molar refractivity (Wildman–Crippen MR) is 95.8 cm³/mol. The minimum absolute atomic E-state index is 0.552. The van der Waals surface area contributed by atoms with Gasteiger partial charge in [0, 0.05) is 6.54 Å². The van der Waals surface area contributed by atoms with Crippen molar-refractivity contribution in [3.8, 4) is 10.6 Å². The summed E-state index contributed by atoms with van der Waals surface area (Å²) in [5.41, 5.74) is 9.71. The molecule has 112 valence electrons. The molecular weight excluding hydrogens is 302 g/mol. The van der Waals surface area contributed by atoms with Crippen molar-refractivity contribution in [3.05, 3.63) is 77.7 Å². The van der Waals surface area contributed by atoms with Crippen LogP contribution >= 0.6 is 11.3 Å². The zero-order chi connectivity index (χ0) is 15.6. The van der Waals surface area contributed by atoms with Gasteiger partial charge in [0.2, 0.25) is 0 Å². The van der Waals surface area contributed by atoms with Crippen molar-refractivity contribution in [2.45, 2.75) is 6.54 Å². The molecule has 4 rings (SSSR count). The van der Waals surface area contributed by atoms with Crippen LogP contribution in [-0.4, -0.2) is 4.98 Å². The summed E-state index contributed by atoms with van der Waals surface area (Å²) in [6.45, 7) is 0.552. The monoisotopic (exact) mass is 317 g/mol. The van der Waals surface area contributed by atoms with Crippen LogP contribution in [0.2, 0.25) is 0 Å². The molecule has 2 aliphatic rings. The average molecular weight is 317 g/mol. The van der Waals surface area contributed by atoms with Gasteiger partial charge in [-0.3, -0.25) is 0 Å². The highest BCUT2D eigenvalue weighted by Gasteiger charge is 2.06. The third kappa shape index (κ3) is 2.86. The second kappa shape index (κ2) is 5.91. The molecule has 2 aromatic rings. The Labute approximate surface area is 138 Å². The first-order valence-electron chi connectivity index (χ1n) is 7.45.